The molecule has 8 heteroatoms. The lowest BCUT2D eigenvalue weighted by atomic mass is 9.76. The molecule has 5 amide bonds. The molecular formula is C24H24N4O4. The number of anilines is 2. The molecule has 2 heterocycles. The molecule has 0 bridgehead atoms. The minimum atomic E-state index is -1.12. The van der Waals surface area contributed by atoms with Gasteiger partial charge >= 0.3 is 6.03 Å². The molecule has 1 spiro atoms. The standard InChI is InChI=1S/C24H24N4O4/c1-15-13-20(29)25-18-10-4-5-11-19(18)28(15)21(30)14-27-22(31)24(26-23(27)32)12-6-8-16-7-2-3-9-17(16)24/h2-5,7,9-11,15H,6,8,12-14H2,1H3,(H,25,29)(H,26,32)/t15-,24+/m0/s1. The highest BCUT2D eigenvalue weighted by Gasteiger charge is 2.54. The van der Waals surface area contributed by atoms with E-state index in [1.165, 1.54) is 4.90 Å². The number of nitrogens with zero attached hydrogens (tertiary/aromatic N) is 2. The van der Waals surface area contributed by atoms with Crippen LogP contribution in [0, 0.1) is 0 Å². The van der Waals surface area contributed by atoms with Gasteiger partial charge in [0.15, 0.2) is 0 Å². The van der Waals surface area contributed by atoms with E-state index in [0.717, 1.165) is 28.9 Å². The van der Waals surface area contributed by atoms with E-state index in [9.17, 15) is 19.2 Å². The van der Waals surface area contributed by atoms with Gasteiger partial charge in [-0.1, -0.05) is 36.4 Å². The zero-order valence-electron chi connectivity index (χ0n) is 17.8. The van der Waals surface area contributed by atoms with Crippen molar-refractivity contribution in [1.82, 2.24) is 10.2 Å². The number of amides is 5. The van der Waals surface area contributed by atoms with Gasteiger partial charge in [0.1, 0.15) is 12.1 Å². The first-order valence-corrected chi connectivity index (χ1v) is 10.8. The average Bonchev–Trinajstić information content (AvgIpc) is 2.91. The summed E-state index contributed by atoms with van der Waals surface area (Å²) >= 11 is 0. The maximum absolute atomic E-state index is 13.5. The molecule has 2 N–H and O–H groups in total. The summed E-state index contributed by atoms with van der Waals surface area (Å²) in [7, 11) is 0. The van der Waals surface area contributed by atoms with Crippen LogP contribution in [-0.4, -0.2) is 41.2 Å². The maximum Gasteiger partial charge on any atom is 0.325 e. The highest BCUT2D eigenvalue weighted by molar-refractivity contribution is 6.12. The molecule has 2 aromatic rings. The lowest BCUT2D eigenvalue weighted by Crippen LogP contribution is -2.48. The summed E-state index contributed by atoms with van der Waals surface area (Å²) in [6, 6.07) is 13.7. The number of benzene rings is 2. The van der Waals surface area contributed by atoms with Crippen molar-refractivity contribution in [1.29, 1.82) is 0 Å². The number of nitrogens with one attached hydrogen (secondary N) is 2. The molecule has 0 aromatic heterocycles. The number of hydrogen-bond acceptors (Lipinski definition) is 4. The molecule has 0 unspecified atom stereocenters. The Balaban J connectivity index is 1.45. The number of imide groups is 1. The normalized spacial score (nSPS) is 24.5. The predicted molar refractivity (Wildman–Crippen MR) is 118 cm³/mol. The highest BCUT2D eigenvalue weighted by Crippen LogP contribution is 2.40. The fourth-order valence-corrected chi connectivity index (χ4v) is 5.13. The van der Waals surface area contributed by atoms with Crippen molar-refractivity contribution < 1.29 is 19.2 Å². The Kier molecular flexibility index (Phi) is 4.73. The Morgan fingerprint density at radius 2 is 1.84 bits per heavy atom. The fraction of sp³-hybridized carbons (Fsp3) is 0.333. The summed E-state index contributed by atoms with van der Waals surface area (Å²) in [6.07, 6.45) is 2.25. The van der Waals surface area contributed by atoms with Crippen LogP contribution in [0.3, 0.4) is 0 Å². The number of aryl methyl sites for hydroxylation is 1. The van der Waals surface area contributed by atoms with Gasteiger partial charge in [0.05, 0.1) is 11.4 Å². The number of carbonyl (C=O) groups is 4. The lowest BCUT2D eigenvalue weighted by molar-refractivity contribution is -0.135. The third-order valence-electron chi connectivity index (χ3n) is 6.57. The molecule has 164 valence electrons. The number of fused-ring (bicyclic) bond motifs is 3. The minimum absolute atomic E-state index is 0.123. The predicted octanol–water partition coefficient (Wildman–Crippen LogP) is 2.53. The van der Waals surface area contributed by atoms with E-state index >= 15 is 0 Å². The Labute approximate surface area is 185 Å². The van der Waals surface area contributed by atoms with Gasteiger partial charge in [-0.25, -0.2) is 4.79 Å². The van der Waals surface area contributed by atoms with Crippen molar-refractivity contribution in [3.05, 3.63) is 59.7 Å². The van der Waals surface area contributed by atoms with Gasteiger partial charge in [-0.15, -0.1) is 0 Å². The van der Waals surface area contributed by atoms with Crippen LogP contribution < -0.4 is 15.5 Å². The van der Waals surface area contributed by atoms with Crippen LogP contribution in [-0.2, 0) is 26.3 Å². The molecule has 2 atom stereocenters. The average molecular weight is 432 g/mol. The molecule has 5 rings (SSSR count). The van der Waals surface area contributed by atoms with Crippen molar-refractivity contribution in [3.8, 4) is 0 Å². The molecule has 3 aliphatic rings. The Bertz CT molecular complexity index is 1150. The molecule has 2 aliphatic heterocycles. The molecule has 0 saturated carbocycles. The number of para-hydroxylation sites is 2. The summed E-state index contributed by atoms with van der Waals surface area (Å²) in [5.74, 6) is -0.993. The first-order valence-electron chi connectivity index (χ1n) is 10.8. The molecule has 1 aliphatic carbocycles. The van der Waals surface area contributed by atoms with E-state index in [2.05, 4.69) is 10.6 Å². The van der Waals surface area contributed by atoms with Crippen LogP contribution in [0.4, 0.5) is 16.2 Å². The molecule has 2 aromatic carbocycles. The maximum atomic E-state index is 13.5. The van der Waals surface area contributed by atoms with E-state index in [1.54, 1.807) is 31.2 Å². The van der Waals surface area contributed by atoms with Crippen molar-refractivity contribution in [3.63, 3.8) is 0 Å². The smallest absolute Gasteiger partial charge is 0.324 e. The van der Waals surface area contributed by atoms with Gasteiger partial charge in [-0.05, 0) is 49.4 Å². The third-order valence-corrected chi connectivity index (χ3v) is 6.57. The molecule has 8 nitrogen and oxygen atoms in total. The zero-order chi connectivity index (χ0) is 22.5. The quantitative estimate of drug-likeness (QED) is 0.713. The Hall–Kier alpha value is -3.68. The fourth-order valence-electron chi connectivity index (χ4n) is 5.13. The Morgan fingerprint density at radius 1 is 1.09 bits per heavy atom. The van der Waals surface area contributed by atoms with Crippen molar-refractivity contribution >= 4 is 35.1 Å². The van der Waals surface area contributed by atoms with Crippen molar-refractivity contribution in [2.24, 2.45) is 0 Å². The number of rotatable bonds is 2. The van der Waals surface area contributed by atoms with Gasteiger partial charge in [0, 0.05) is 12.5 Å². The summed E-state index contributed by atoms with van der Waals surface area (Å²) in [5.41, 5.74) is 1.82. The summed E-state index contributed by atoms with van der Waals surface area (Å²) in [5, 5.41) is 5.70. The van der Waals surface area contributed by atoms with Crippen molar-refractivity contribution in [2.45, 2.75) is 44.2 Å². The van der Waals surface area contributed by atoms with Crippen LogP contribution >= 0.6 is 0 Å². The SMILES string of the molecule is C[C@H]1CC(=O)Nc2ccccc2N1C(=O)CN1C(=O)N[C@@]2(CCCc3ccccc32)C1=O. The largest absolute Gasteiger partial charge is 0.325 e. The summed E-state index contributed by atoms with van der Waals surface area (Å²) in [6.45, 7) is 1.39. The molecule has 0 radical (unpaired) electrons. The van der Waals surface area contributed by atoms with E-state index in [0.29, 0.717) is 17.8 Å². The molecule has 1 saturated heterocycles. The number of hydrogen-bond donors (Lipinski definition) is 2. The number of urea groups is 1. The zero-order valence-corrected chi connectivity index (χ0v) is 17.8. The summed E-state index contributed by atoms with van der Waals surface area (Å²) < 4.78 is 0. The van der Waals surface area contributed by atoms with Gasteiger partial charge < -0.3 is 15.5 Å². The van der Waals surface area contributed by atoms with Gasteiger partial charge in [-0.3, -0.25) is 19.3 Å². The molecule has 1 fully saturated rings. The van der Waals surface area contributed by atoms with Crippen LogP contribution in [0.2, 0.25) is 0 Å². The first kappa shape index (κ1) is 20.2. The first-order chi connectivity index (χ1) is 15.4. The minimum Gasteiger partial charge on any atom is -0.324 e. The van der Waals surface area contributed by atoms with Crippen LogP contribution in [0.1, 0.15) is 37.3 Å². The number of carbonyl (C=O) groups excluding carboxylic acids is 4. The van der Waals surface area contributed by atoms with Crippen LogP contribution in [0.25, 0.3) is 0 Å². The monoisotopic (exact) mass is 432 g/mol. The van der Waals surface area contributed by atoms with Crippen LogP contribution in [0.5, 0.6) is 0 Å². The second-order valence-corrected chi connectivity index (χ2v) is 8.62. The summed E-state index contributed by atoms with van der Waals surface area (Å²) in [4.78, 5) is 54.6. The Morgan fingerprint density at radius 3 is 2.69 bits per heavy atom. The van der Waals surface area contributed by atoms with E-state index < -0.39 is 29.4 Å². The third kappa shape index (κ3) is 3.05. The van der Waals surface area contributed by atoms with Crippen LogP contribution in [0.15, 0.2) is 48.5 Å². The lowest BCUT2D eigenvalue weighted by Gasteiger charge is -2.33. The molecular weight excluding hydrogens is 408 g/mol. The van der Waals surface area contributed by atoms with Crippen molar-refractivity contribution in [2.75, 3.05) is 16.8 Å². The highest BCUT2D eigenvalue weighted by atomic mass is 16.2. The van der Waals surface area contributed by atoms with Gasteiger partial charge in [0.2, 0.25) is 11.8 Å². The van der Waals surface area contributed by atoms with Gasteiger partial charge in [0.25, 0.3) is 5.91 Å². The second-order valence-electron chi connectivity index (χ2n) is 8.62. The molecule has 32 heavy (non-hydrogen) atoms. The topological polar surface area (TPSA) is 98.8 Å². The van der Waals surface area contributed by atoms with E-state index in [-0.39, 0.29) is 18.9 Å². The van der Waals surface area contributed by atoms with E-state index in [4.69, 9.17) is 0 Å². The second kappa shape index (κ2) is 7.47. The van der Waals surface area contributed by atoms with E-state index in [1.807, 2.05) is 24.3 Å². The van der Waals surface area contributed by atoms with Gasteiger partial charge in [-0.2, -0.15) is 0 Å².